The van der Waals surface area contributed by atoms with Crippen LogP contribution in [-0.2, 0) is 9.53 Å². The molecule has 0 aliphatic rings. The van der Waals surface area contributed by atoms with Crippen LogP contribution in [0.25, 0.3) is 0 Å². The Kier molecular flexibility index (Phi) is 5.99. The molecule has 7 heteroatoms. The summed E-state index contributed by atoms with van der Waals surface area (Å²) in [4.78, 5) is 34.9. The summed E-state index contributed by atoms with van der Waals surface area (Å²) in [6, 6.07) is 6.66. The van der Waals surface area contributed by atoms with Crippen molar-refractivity contribution in [2.45, 2.75) is 6.42 Å². The molecule has 2 aromatic rings. The third-order valence-electron chi connectivity index (χ3n) is 2.93. The molecular weight excluding hydrogens is 321 g/mol. The van der Waals surface area contributed by atoms with Crippen LogP contribution >= 0.6 is 11.3 Å². The molecule has 2 rings (SSSR count). The minimum absolute atomic E-state index is 0.0351. The summed E-state index contributed by atoms with van der Waals surface area (Å²) in [6.07, 6.45) is -0.0351. The van der Waals surface area contributed by atoms with Gasteiger partial charge in [-0.05, 0) is 35.7 Å². The fourth-order valence-corrected chi connectivity index (χ4v) is 2.35. The predicted octanol–water partition coefficient (Wildman–Crippen LogP) is 2.43. The summed E-state index contributed by atoms with van der Waals surface area (Å²) >= 11 is 1.40. The molecular formula is C16H14FNO4S. The normalized spacial score (nSPS) is 10.1. The zero-order chi connectivity index (χ0) is 16.7. The summed E-state index contributed by atoms with van der Waals surface area (Å²) < 4.78 is 17.6. The van der Waals surface area contributed by atoms with Crippen LogP contribution in [0.3, 0.4) is 0 Å². The van der Waals surface area contributed by atoms with Crippen molar-refractivity contribution in [3.63, 3.8) is 0 Å². The first-order valence-corrected chi connectivity index (χ1v) is 7.75. The van der Waals surface area contributed by atoms with E-state index in [9.17, 15) is 18.8 Å². The minimum atomic E-state index is -0.592. The monoisotopic (exact) mass is 335 g/mol. The molecule has 1 heterocycles. The van der Waals surface area contributed by atoms with Crippen LogP contribution in [0.2, 0.25) is 0 Å². The first-order valence-electron chi connectivity index (χ1n) is 6.81. The average molecular weight is 335 g/mol. The van der Waals surface area contributed by atoms with Crippen LogP contribution in [0.15, 0.2) is 41.1 Å². The van der Waals surface area contributed by atoms with Gasteiger partial charge in [0.1, 0.15) is 5.82 Å². The third-order valence-corrected chi connectivity index (χ3v) is 3.61. The van der Waals surface area contributed by atoms with Crippen molar-refractivity contribution in [2.24, 2.45) is 0 Å². The van der Waals surface area contributed by atoms with E-state index in [-0.39, 0.29) is 24.4 Å². The fraction of sp³-hybridized carbons (Fsp3) is 0.188. The number of halogens is 1. The van der Waals surface area contributed by atoms with E-state index in [0.29, 0.717) is 5.56 Å². The summed E-state index contributed by atoms with van der Waals surface area (Å²) in [5.74, 6) is -1.71. The van der Waals surface area contributed by atoms with Crippen molar-refractivity contribution in [3.8, 4) is 0 Å². The molecule has 0 spiro atoms. The molecule has 1 aromatic heterocycles. The van der Waals surface area contributed by atoms with Gasteiger partial charge in [0, 0.05) is 23.1 Å². The maximum Gasteiger partial charge on any atom is 0.308 e. The summed E-state index contributed by atoms with van der Waals surface area (Å²) in [7, 11) is 0. The molecule has 23 heavy (non-hydrogen) atoms. The number of ether oxygens (including phenoxy) is 1. The number of benzene rings is 1. The fourth-order valence-electron chi connectivity index (χ4n) is 1.71. The zero-order valence-corrected chi connectivity index (χ0v) is 12.9. The lowest BCUT2D eigenvalue weighted by molar-refractivity contribution is -0.142. The van der Waals surface area contributed by atoms with Crippen molar-refractivity contribution < 1.29 is 23.5 Å². The number of esters is 1. The molecule has 1 aromatic carbocycles. The number of ketones is 1. The molecule has 0 saturated carbocycles. The smallest absolute Gasteiger partial charge is 0.308 e. The van der Waals surface area contributed by atoms with Crippen LogP contribution in [-0.4, -0.2) is 30.8 Å². The quantitative estimate of drug-likeness (QED) is 0.623. The molecule has 0 aliphatic carbocycles. The maximum absolute atomic E-state index is 12.7. The van der Waals surface area contributed by atoms with Crippen molar-refractivity contribution >= 4 is 29.0 Å². The number of amides is 1. The Bertz CT molecular complexity index is 683. The van der Waals surface area contributed by atoms with E-state index in [4.69, 9.17) is 4.74 Å². The Morgan fingerprint density at radius 3 is 2.48 bits per heavy atom. The molecule has 0 unspecified atom stereocenters. The number of thiophene rings is 1. The molecule has 0 saturated heterocycles. The van der Waals surface area contributed by atoms with Gasteiger partial charge in [-0.3, -0.25) is 14.4 Å². The highest BCUT2D eigenvalue weighted by molar-refractivity contribution is 7.08. The van der Waals surface area contributed by atoms with E-state index in [1.54, 1.807) is 16.8 Å². The van der Waals surface area contributed by atoms with Gasteiger partial charge in [0.15, 0.2) is 12.4 Å². The van der Waals surface area contributed by atoms with Crippen LogP contribution < -0.4 is 5.32 Å². The number of carbonyl (C=O) groups is 3. The van der Waals surface area contributed by atoms with Gasteiger partial charge in [0.05, 0.1) is 6.42 Å². The van der Waals surface area contributed by atoms with Crippen LogP contribution in [0.1, 0.15) is 27.1 Å². The Hall–Kier alpha value is -2.54. The molecule has 0 aliphatic heterocycles. The van der Waals surface area contributed by atoms with Gasteiger partial charge in [-0.25, -0.2) is 4.39 Å². The second kappa shape index (κ2) is 8.19. The molecule has 0 radical (unpaired) electrons. The van der Waals surface area contributed by atoms with Gasteiger partial charge in [-0.15, -0.1) is 0 Å². The van der Waals surface area contributed by atoms with Gasteiger partial charge < -0.3 is 10.1 Å². The highest BCUT2D eigenvalue weighted by Crippen LogP contribution is 2.06. The number of hydrogen-bond acceptors (Lipinski definition) is 5. The first-order chi connectivity index (χ1) is 11.1. The molecule has 0 fully saturated rings. The van der Waals surface area contributed by atoms with E-state index in [0.717, 1.165) is 12.1 Å². The molecule has 0 atom stereocenters. The van der Waals surface area contributed by atoms with Crippen LogP contribution in [0, 0.1) is 5.82 Å². The van der Waals surface area contributed by atoms with Crippen molar-refractivity contribution in [2.75, 3.05) is 13.2 Å². The molecule has 5 nitrogen and oxygen atoms in total. The Labute approximate surface area is 136 Å². The maximum atomic E-state index is 12.7. The zero-order valence-electron chi connectivity index (χ0n) is 12.1. The second-order valence-corrected chi connectivity index (χ2v) is 5.39. The largest absolute Gasteiger partial charge is 0.457 e. The van der Waals surface area contributed by atoms with Crippen LogP contribution in [0.5, 0.6) is 0 Å². The lowest BCUT2D eigenvalue weighted by atomic mass is 10.1. The number of Topliss-reactive ketones (excluding diaryl/α,β-unsaturated/α-hetero) is 1. The van der Waals surface area contributed by atoms with Crippen LogP contribution in [0.4, 0.5) is 4.39 Å². The van der Waals surface area contributed by atoms with Gasteiger partial charge in [-0.1, -0.05) is 0 Å². The second-order valence-electron chi connectivity index (χ2n) is 4.61. The topological polar surface area (TPSA) is 72.5 Å². The van der Waals surface area contributed by atoms with Crippen molar-refractivity contribution in [3.05, 3.63) is 58.0 Å². The van der Waals surface area contributed by atoms with Gasteiger partial charge in [0.2, 0.25) is 0 Å². The lowest BCUT2D eigenvalue weighted by Gasteiger charge is -2.05. The molecule has 0 bridgehead atoms. The SMILES string of the molecule is O=C(CCNC(=O)c1ccsc1)OCC(=O)c1ccc(F)cc1. The van der Waals surface area contributed by atoms with Gasteiger partial charge in [-0.2, -0.15) is 11.3 Å². The van der Waals surface area contributed by atoms with E-state index in [2.05, 4.69) is 5.32 Å². The number of carbonyl (C=O) groups excluding carboxylic acids is 3. The number of rotatable bonds is 7. The summed E-state index contributed by atoms with van der Waals surface area (Å²) in [5.41, 5.74) is 0.805. The highest BCUT2D eigenvalue weighted by atomic mass is 32.1. The molecule has 1 N–H and O–H groups in total. The predicted molar refractivity (Wildman–Crippen MR) is 83.0 cm³/mol. The van der Waals surface area contributed by atoms with E-state index in [1.807, 2.05) is 0 Å². The van der Waals surface area contributed by atoms with E-state index in [1.165, 1.54) is 23.5 Å². The Morgan fingerprint density at radius 1 is 1.09 bits per heavy atom. The number of hydrogen-bond donors (Lipinski definition) is 1. The lowest BCUT2D eigenvalue weighted by Crippen LogP contribution is -2.26. The summed E-state index contributed by atoms with van der Waals surface area (Å²) in [5, 5.41) is 6.07. The molecule has 120 valence electrons. The van der Waals surface area contributed by atoms with Gasteiger partial charge >= 0.3 is 5.97 Å². The van der Waals surface area contributed by atoms with E-state index < -0.39 is 24.2 Å². The Morgan fingerprint density at radius 2 is 1.83 bits per heavy atom. The van der Waals surface area contributed by atoms with E-state index >= 15 is 0 Å². The summed E-state index contributed by atoms with van der Waals surface area (Å²) in [6.45, 7) is -0.290. The average Bonchev–Trinajstić information content (AvgIpc) is 3.07. The highest BCUT2D eigenvalue weighted by Gasteiger charge is 2.11. The first kappa shape index (κ1) is 16.8. The van der Waals surface area contributed by atoms with Gasteiger partial charge in [0.25, 0.3) is 5.91 Å². The minimum Gasteiger partial charge on any atom is -0.457 e. The Balaban J connectivity index is 1.68. The van der Waals surface area contributed by atoms with Crippen molar-refractivity contribution in [1.82, 2.24) is 5.32 Å². The van der Waals surface area contributed by atoms with Crippen molar-refractivity contribution in [1.29, 1.82) is 0 Å². The third kappa shape index (κ3) is 5.30. The standard InChI is InChI=1S/C16H14FNO4S/c17-13-3-1-11(2-4-13)14(19)9-22-15(20)5-7-18-16(21)12-6-8-23-10-12/h1-4,6,8,10H,5,7,9H2,(H,18,21). The number of nitrogens with one attached hydrogen (secondary N) is 1. The molecule has 1 amide bonds.